The maximum atomic E-state index is 12.9. The number of carbonyl (C=O) groups is 1. The largest absolute Gasteiger partial charge is 0.332 e. The molecule has 3 N–H and O–H groups in total. The molecule has 1 unspecified atom stereocenters. The van der Waals surface area contributed by atoms with Gasteiger partial charge in [-0.2, -0.15) is 0 Å². The van der Waals surface area contributed by atoms with Crippen LogP contribution in [0.15, 0.2) is 77.7 Å². The number of para-hydroxylation sites is 1. The van der Waals surface area contributed by atoms with Gasteiger partial charge in [-0.15, -0.1) is 11.8 Å². The zero-order valence-corrected chi connectivity index (χ0v) is 19.8. The van der Waals surface area contributed by atoms with E-state index in [1.54, 1.807) is 13.0 Å². The summed E-state index contributed by atoms with van der Waals surface area (Å²) in [7, 11) is 0. The van der Waals surface area contributed by atoms with Gasteiger partial charge in [0.2, 0.25) is 5.91 Å². The first-order chi connectivity index (χ1) is 15.9. The molecule has 0 aliphatic heterocycles. The number of hydrogen-bond donors (Lipinski definition) is 3. The fourth-order valence-electron chi connectivity index (χ4n) is 3.02. The second kappa shape index (κ2) is 11.4. The number of nitro groups is 1. The second-order valence-corrected chi connectivity index (χ2v) is 8.92. The Morgan fingerprint density at radius 1 is 1.00 bits per heavy atom. The topological polar surface area (TPSA) is 96.3 Å². The number of thioether (sulfide) groups is 1. The number of non-ortho nitro benzene ring substituents is 1. The van der Waals surface area contributed by atoms with Gasteiger partial charge in [0, 0.05) is 28.4 Å². The average molecular weight is 481 g/mol. The number of nitrogens with one attached hydrogen (secondary N) is 3. The van der Waals surface area contributed by atoms with Crippen molar-refractivity contribution in [1.29, 1.82) is 0 Å². The van der Waals surface area contributed by atoms with Crippen LogP contribution in [0, 0.1) is 17.0 Å². The molecule has 0 fully saturated rings. The van der Waals surface area contributed by atoms with Crippen LogP contribution in [-0.2, 0) is 4.79 Å². The number of benzene rings is 3. The number of carbonyl (C=O) groups excluding carboxylic acids is 1. The lowest BCUT2D eigenvalue weighted by molar-refractivity contribution is -0.384. The van der Waals surface area contributed by atoms with Crippen LogP contribution in [0.25, 0.3) is 0 Å². The minimum Gasteiger partial charge on any atom is -0.332 e. The van der Waals surface area contributed by atoms with E-state index in [1.165, 1.54) is 23.9 Å². The molecule has 3 aromatic carbocycles. The van der Waals surface area contributed by atoms with Gasteiger partial charge in [-0.1, -0.05) is 37.3 Å². The number of nitro benzene ring substituents is 1. The van der Waals surface area contributed by atoms with Gasteiger partial charge in [0.15, 0.2) is 5.11 Å². The van der Waals surface area contributed by atoms with Crippen LogP contribution in [0.1, 0.15) is 18.9 Å². The highest BCUT2D eigenvalue weighted by molar-refractivity contribution is 8.00. The predicted octanol–water partition coefficient (Wildman–Crippen LogP) is 6.22. The Balaban J connectivity index is 1.65. The third-order valence-corrected chi connectivity index (χ3v) is 6.32. The molecule has 3 rings (SSSR count). The Kier molecular flexibility index (Phi) is 8.39. The summed E-state index contributed by atoms with van der Waals surface area (Å²) in [4.78, 5) is 24.4. The SMILES string of the molecule is CCC(Sc1cccc(NC(=S)Nc2ccccc2)c1)C(=O)Nc1cc([N+](=O)[O-])ccc1C. The van der Waals surface area contributed by atoms with Gasteiger partial charge in [-0.3, -0.25) is 14.9 Å². The average Bonchev–Trinajstić information content (AvgIpc) is 2.79. The van der Waals surface area contributed by atoms with Crippen molar-refractivity contribution in [3.05, 3.63) is 88.5 Å². The summed E-state index contributed by atoms with van der Waals surface area (Å²) in [5.74, 6) is -0.203. The van der Waals surface area contributed by atoms with Gasteiger partial charge in [0.25, 0.3) is 5.69 Å². The summed E-state index contributed by atoms with van der Waals surface area (Å²) >= 11 is 6.81. The van der Waals surface area contributed by atoms with Crippen LogP contribution < -0.4 is 16.0 Å². The third-order valence-electron chi connectivity index (χ3n) is 4.75. The van der Waals surface area contributed by atoms with E-state index in [-0.39, 0.29) is 16.8 Å². The standard InChI is InChI=1S/C24H24N4O3S2/c1-3-22(23(29)27-21-15-19(28(30)31)13-12-16(21)2)33-20-11-7-10-18(14-20)26-24(32)25-17-8-5-4-6-9-17/h4-15,22H,3H2,1-2H3,(H,27,29)(H2,25,26,32). The van der Waals surface area contributed by atoms with Crippen molar-refractivity contribution in [2.24, 2.45) is 0 Å². The first kappa shape index (κ1) is 24.2. The van der Waals surface area contributed by atoms with E-state index in [0.29, 0.717) is 17.2 Å². The second-order valence-electron chi connectivity index (χ2n) is 7.23. The van der Waals surface area contributed by atoms with Crippen molar-refractivity contribution in [2.75, 3.05) is 16.0 Å². The first-order valence-electron chi connectivity index (χ1n) is 10.3. The number of rotatable bonds is 8. The van der Waals surface area contributed by atoms with E-state index >= 15 is 0 Å². The van der Waals surface area contributed by atoms with Gasteiger partial charge in [0.05, 0.1) is 15.9 Å². The van der Waals surface area contributed by atoms with E-state index < -0.39 is 4.92 Å². The molecule has 1 amide bonds. The monoisotopic (exact) mass is 480 g/mol. The fourth-order valence-corrected chi connectivity index (χ4v) is 4.27. The highest BCUT2D eigenvalue weighted by Gasteiger charge is 2.20. The van der Waals surface area contributed by atoms with Crippen LogP contribution in [0.5, 0.6) is 0 Å². The van der Waals surface area contributed by atoms with E-state index in [9.17, 15) is 14.9 Å². The molecular weight excluding hydrogens is 456 g/mol. The molecule has 33 heavy (non-hydrogen) atoms. The van der Waals surface area contributed by atoms with Crippen molar-refractivity contribution in [3.63, 3.8) is 0 Å². The number of thiocarbonyl (C=S) groups is 1. The van der Waals surface area contributed by atoms with Crippen molar-refractivity contribution >= 4 is 57.7 Å². The zero-order valence-electron chi connectivity index (χ0n) is 18.2. The summed E-state index contributed by atoms with van der Waals surface area (Å²) in [5.41, 5.74) is 2.84. The summed E-state index contributed by atoms with van der Waals surface area (Å²) in [6.45, 7) is 3.73. The zero-order chi connectivity index (χ0) is 23.8. The molecule has 9 heteroatoms. The minimum atomic E-state index is -0.475. The van der Waals surface area contributed by atoms with Crippen LogP contribution in [0.3, 0.4) is 0 Å². The Hall–Kier alpha value is -3.43. The van der Waals surface area contributed by atoms with Crippen LogP contribution in [-0.4, -0.2) is 21.2 Å². The van der Waals surface area contributed by atoms with Crippen molar-refractivity contribution in [3.8, 4) is 0 Å². The lowest BCUT2D eigenvalue weighted by atomic mass is 10.1. The highest BCUT2D eigenvalue weighted by atomic mass is 32.2. The molecule has 170 valence electrons. The third kappa shape index (κ3) is 7.03. The Morgan fingerprint density at radius 2 is 1.70 bits per heavy atom. The van der Waals surface area contributed by atoms with Crippen molar-refractivity contribution < 1.29 is 9.72 Å². The van der Waals surface area contributed by atoms with Gasteiger partial charge in [-0.25, -0.2) is 0 Å². The predicted molar refractivity (Wildman–Crippen MR) is 139 cm³/mol. The minimum absolute atomic E-state index is 0.0598. The van der Waals surface area contributed by atoms with E-state index in [2.05, 4.69) is 16.0 Å². The molecule has 3 aromatic rings. The molecule has 0 radical (unpaired) electrons. The molecule has 0 aliphatic rings. The maximum absolute atomic E-state index is 12.9. The molecule has 0 spiro atoms. The number of aryl methyl sites for hydroxylation is 1. The molecule has 0 heterocycles. The van der Waals surface area contributed by atoms with Gasteiger partial charge >= 0.3 is 0 Å². The number of amides is 1. The fraction of sp³-hybridized carbons (Fsp3) is 0.167. The molecule has 0 aliphatic carbocycles. The Morgan fingerprint density at radius 3 is 2.39 bits per heavy atom. The van der Waals surface area contributed by atoms with Crippen LogP contribution in [0.2, 0.25) is 0 Å². The quantitative estimate of drug-likeness (QED) is 0.152. The lowest BCUT2D eigenvalue weighted by Gasteiger charge is -2.17. The van der Waals surface area contributed by atoms with Crippen molar-refractivity contribution in [1.82, 2.24) is 0 Å². The van der Waals surface area contributed by atoms with Crippen LogP contribution in [0.4, 0.5) is 22.7 Å². The molecule has 0 bridgehead atoms. The Bertz CT molecular complexity index is 1160. The Labute approximate surface area is 202 Å². The normalized spacial score (nSPS) is 11.3. The van der Waals surface area contributed by atoms with E-state index in [0.717, 1.165) is 21.8 Å². The summed E-state index contributed by atoms with van der Waals surface area (Å²) in [6.07, 6.45) is 0.593. The molecule has 1 atom stereocenters. The van der Waals surface area contributed by atoms with Gasteiger partial charge in [0.1, 0.15) is 0 Å². The maximum Gasteiger partial charge on any atom is 0.271 e. The first-order valence-corrected chi connectivity index (χ1v) is 11.6. The molecule has 7 nitrogen and oxygen atoms in total. The van der Waals surface area contributed by atoms with Gasteiger partial charge in [-0.05, 0) is 61.5 Å². The van der Waals surface area contributed by atoms with E-state index in [1.807, 2.05) is 61.5 Å². The lowest BCUT2D eigenvalue weighted by Crippen LogP contribution is -2.25. The molecule has 0 saturated carbocycles. The number of hydrogen-bond acceptors (Lipinski definition) is 5. The summed E-state index contributed by atoms with van der Waals surface area (Å²) < 4.78 is 0. The van der Waals surface area contributed by atoms with Crippen LogP contribution >= 0.6 is 24.0 Å². The van der Waals surface area contributed by atoms with Crippen molar-refractivity contribution in [2.45, 2.75) is 30.4 Å². The molecule has 0 aromatic heterocycles. The smallest absolute Gasteiger partial charge is 0.271 e. The number of nitrogens with zero attached hydrogens (tertiary/aromatic N) is 1. The summed E-state index contributed by atoms with van der Waals surface area (Å²) in [5, 5.41) is 20.3. The van der Waals surface area contributed by atoms with Gasteiger partial charge < -0.3 is 16.0 Å². The molecule has 0 saturated heterocycles. The highest BCUT2D eigenvalue weighted by Crippen LogP contribution is 2.30. The number of anilines is 3. The molecular formula is C24H24N4O3S2. The van der Waals surface area contributed by atoms with E-state index in [4.69, 9.17) is 12.2 Å². The summed E-state index contributed by atoms with van der Waals surface area (Å²) in [6, 6.07) is 21.7.